The molecule has 1 aromatic carbocycles. The lowest BCUT2D eigenvalue weighted by Gasteiger charge is -2.10. The fourth-order valence-electron chi connectivity index (χ4n) is 2.92. The number of aryl methyl sites for hydroxylation is 2. The molecule has 0 amide bonds. The molecule has 2 heterocycles. The SMILES string of the molecule is Cc1nn(C)c(C)c1/C=C/C(=O)OCc1nc2ccccc2c(=O)n1CC#N. The Morgan fingerprint density at radius 1 is 1.32 bits per heavy atom. The minimum absolute atomic E-state index is 0.173. The largest absolute Gasteiger partial charge is 0.454 e. The average molecular weight is 377 g/mol. The highest BCUT2D eigenvalue weighted by Crippen LogP contribution is 2.14. The maximum atomic E-state index is 12.6. The van der Waals surface area contributed by atoms with Crippen molar-refractivity contribution in [2.75, 3.05) is 0 Å². The number of fused-ring (bicyclic) bond motifs is 1. The molecule has 0 spiro atoms. The molecule has 0 saturated carbocycles. The number of rotatable bonds is 5. The van der Waals surface area contributed by atoms with Crippen molar-refractivity contribution in [3.8, 4) is 6.07 Å². The Labute approximate surface area is 161 Å². The monoisotopic (exact) mass is 377 g/mol. The Morgan fingerprint density at radius 3 is 2.75 bits per heavy atom. The molecule has 28 heavy (non-hydrogen) atoms. The summed E-state index contributed by atoms with van der Waals surface area (Å²) < 4.78 is 8.20. The minimum Gasteiger partial charge on any atom is -0.454 e. The van der Waals surface area contributed by atoms with E-state index in [1.807, 2.05) is 27.0 Å². The van der Waals surface area contributed by atoms with Crippen LogP contribution in [0.25, 0.3) is 17.0 Å². The van der Waals surface area contributed by atoms with Crippen molar-refractivity contribution in [2.24, 2.45) is 7.05 Å². The van der Waals surface area contributed by atoms with Crippen molar-refractivity contribution >= 4 is 22.9 Å². The van der Waals surface area contributed by atoms with Crippen LogP contribution < -0.4 is 5.56 Å². The zero-order chi connectivity index (χ0) is 20.3. The lowest BCUT2D eigenvalue weighted by Crippen LogP contribution is -2.26. The number of aromatic nitrogens is 4. The molecule has 0 N–H and O–H groups in total. The average Bonchev–Trinajstić information content (AvgIpc) is 2.92. The van der Waals surface area contributed by atoms with E-state index < -0.39 is 5.97 Å². The van der Waals surface area contributed by atoms with Gasteiger partial charge in [0, 0.05) is 24.4 Å². The fraction of sp³-hybridized carbons (Fsp3) is 0.250. The number of nitrogens with zero attached hydrogens (tertiary/aromatic N) is 5. The van der Waals surface area contributed by atoms with Crippen LogP contribution in [0.3, 0.4) is 0 Å². The first-order valence-electron chi connectivity index (χ1n) is 8.62. The highest BCUT2D eigenvalue weighted by Gasteiger charge is 2.12. The van der Waals surface area contributed by atoms with Crippen molar-refractivity contribution < 1.29 is 9.53 Å². The number of esters is 1. The molecule has 3 rings (SSSR count). The van der Waals surface area contributed by atoms with Crippen molar-refractivity contribution in [3.63, 3.8) is 0 Å². The Kier molecular flexibility index (Phi) is 5.36. The number of nitriles is 1. The first-order valence-corrected chi connectivity index (χ1v) is 8.62. The Morgan fingerprint density at radius 2 is 2.07 bits per heavy atom. The van der Waals surface area contributed by atoms with Crippen molar-refractivity contribution in [1.82, 2.24) is 19.3 Å². The number of ether oxygens (including phenoxy) is 1. The molecule has 0 atom stereocenters. The molecule has 8 heteroatoms. The number of hydrogen-bond acceptors (Lipinski definition) is 6. The summed E-state index contributed by atoms with van der Waals surface area (Å²) >= 11 is 0. The minimum atomic E-state index is -0.575. The summed E-state index contributed by atoms with van der Waals surface area (Å²) in [5, 5.41) is 13.7. The van der Waals surface area contributed by atoms with Gasteiger partial charge in [-0.25, -0.2) is 9.78 Å². The van der Waals surface area contributed by atoms with Crippen LogP contribution in [0.2, 0.25) is 0 Å². The van der Waals surface area contributed by atoms with Gasteiger partial charge in [0.1, 0.15) is 13.2 Å². The fourth-order valence-corrected chi connectivity index (χ4v) is 2.92. The highest BCUT2D eigenvalue weighted by molar-refractivity contribution is 5.87. The third-order valence-electron chi connectivity index (χ3n) is 4.46. The number of hydrogen-bond donors (Lipinski definition) is 0. The molecule has 0 bridgehead atoms. The summed E-state index contributed by atoms with van der Waals surface area (Å²) in [4.78, 5) is 29.1. The zero-order valence-electron chi connectivity index (χ0n) is 15.8. The number of benzene rings is 1. The van der Waals surface area contributed by atoms with Crippen LogP contribution in [-0.4, -0.2) is 25.3 Å². The van der Waals surface area contributed by atoms with Gasteiger partial charge in [0.05, 0.1) is 22.7 Å². The summed E-state index contributed by atoms with van der Waals surface area (Å²) in [6.07, 6.45) is 2.96. The van der Waals surface area contributed by atoms with Crippen LogP contribution in [-0.2, 0) is 29.7 Å². The van der Waals surface area contributed by atoms with E-state index in [0.29, 0.717) is 10.9 Å². The molecule has 2 aromatic heterocycles. The zero-order valence-corrected chi connectivity index (χ0v) is 15.8. The Hall–Kier alpha value is -3.73. The van der Waals surface area contributed by atoms with Crippen LogP contribution in [0.5, 0.6) is 0 Å². The van der Waals surface area contributed by atoms with Crippen LogP contribution in [0, 0.1) is 25.2 Å². The van der Waals surface area contributed by atoms with E-state index in [0.717, 1.165) is 17.0 Å². The molecule has 0 aliphatic heterocycles. The van der Waals surface area contributed by atoms with Crippen LogP contribution in [0.1, 0.15) is 22.8 Å². The van der Waals surface area contributed by atoms with E-state index in [1.165, 1.54) is 10.6 Å². The maximum absolute atomic E-state index is 12.6. The van der Waals surface area contributed by atoms with Crippen LogP contribution >= 0.6 is 0 Å². The molecule has 0 aliphatic rings. The molecular weight excluding hydrogens is 358 g/mol. The normalized spacial score (nSPS) is 11.1. The first-order chi connectivity index (χ1) is 13.4. The molecule has 0 radical (unpaired) electrons. The third kappa shape index (κ3) is 3.69. The topological polar surface area (TPSA) is 103 Å². The second-order valence-corrected chi connectivity index (χ2v) is 6.24. The van der Waals surface area contributed by atoms with Gasteiger partial charge in [0.15, 0.2) is 5.82 Å². The number of carbonyl (C=O) groups excluding carboxylic acids is 1. The van der Waals surface area contributed by atoms with Gasteiger partial charge in [-0.1, -0.05) is 12.1 Å². The smallest absolute Gasteiger partial charge is 0.331 e. The predicted octanol–water partition coefficient (Wildman–Crippen LogP) is 2.03. The molecule has 0 fully saturated rings. The number of carbonyl (C=O) groups is 1. The van der Waals surface area contributed by atoms with Crippen LogP contribution in [0.15, 0.2) is 35.1 Å². The lowest BCUT2D eigenvalue weighted by molar-refractivity contribution is -0.139. The van der Waals surface area contributed by atoms with Gasteiger partial charge in [-0.15, -0.1) is 0 Å². The summed E-state index contributed by atoms with van der Waals surface area (Å²) in [5.74, 6) is -0.352. The lowest BCUT2D eigenvalue weighted by atomic mass is 10.2. The Bertz CT molecular complexity index is 1180. The van der Waals surface area contributed by atoms with Gasteiger partial charge < -0.3 is 4.74 Å². The summed E-state index contributed by atoms with van der Waals surface area (Å²) in [6.45, 7) is 3.38. The molecule has 0 aliphatic carbocycles. The second-order valence-electron chi connectivity index (χ2n) is 6.24. The van der Waals surface area contributed by atoms with Gasteiger partial charge in [-0.3, -0.25) is 14.0 Å². The van der Waals surface area contributed by atoms with Gasteiger partial charge in [0.2, 0.25) is 0 Å². The van der Waals surface area contributed by atoms with E-state index in [4.69, 9.17) is 10.00 Å². The number of para-hydroxylation sites is 1. The van der Waals surface area contributed by atoms with Gasteiger partial charge in [-0.05, 0) is 32.1 Å². The van der Waals surface area contributed by atoms with Crippen molar-refractivity contribution in [1.29, 1.82) is 5.26 Å². The quantitative estimate of drug-likeness (QED) is 0.498. The van der Waals surface area contributed by atoms with Crippen LogP contribution in [0.4, 0.5) is 0 Å². The van der Waals surface area contributed by atoms with E-state index in [9.17, 15) is 9.59 Å². The predicted molar refractivity (Wildman–Crippen MR) is 103 cm³/mol. The molecular formula is C20H19N5O3. The van der Waals surface area contributed by atoms with Gasteiger partial charge >= 0.3 is 5.97 Å². The van der Waals surface area contributed by atoms with Gasteiger partial charge in [-0.2, -0.15) is 10.4 Å². The first kappa shape index (κ1) is 19.0. The molecule has 0 unspecified atom stereocenters. The van der Waals surface area contributed by atoms with E-state index >= 15 is 0 Å². The summed E-state index contributed by atoms with van der Waals surface area (Å²) in [7, 11) is 1.83. The summed E-state index contributed by atoms with van der Waals surface area (Å²) in [6, 6.07) is 8.78. The highest BCUT2D eigenvalue weighted by atomic mass is 16.5. The maximum Gasteiger partial charge on any atom is 0.331 e. The molecule has 142 valence electrons. The molecule has 3 aromatic rings. The summed E-state index contributed by atoms with van der Waals surface area (Å²) in [5.41, 5.74) is 2.74. The van der Waals surface area contributed by atoms with E-state index in [1.54, 1.807) is 35.0 Å². The van der Waals surface area contributed by atoms with Gasteiger partial charge in [0.25, 0.3) is 5.56 Å². The molecule has 0 saturated heterocycles. The second kappa shape index (κ2) is 7.88. The van der Waals surface area contributed by atoms with Crippen molar-refractivity contribution in [3.05, 3.63) is 63.5 Å². The standard InChI is InChI=1S/C20H19N5O3/c1-13-15(14(2)24(3)23-13)8-9-19(26)28-12-18-22-17-7-5-4-6-16(17)20(27)25(18)11-10-21/h4-9H,11-12H2,1-3H3/b9-8+. The third-order valence-corrected chi connectivity index (χ3v) is 4.46. The van der Waals surface area contributed by atoms with Crippen molar-refractivity contribution in [2.45, 2.75) is 27.0 Å². The van der Waals surface area contributed by atoms with E-state index in [-0.39, 0.29) is 24.5 Å². The van der Waals surface area contributed by atoms with E-state index in [2.05, 4.69) is 10.1 Å². The Balaban J connectivity index is 1.82. The molecule has 8 nitrogen and oxygen atoms in total.